The smallest absolute Gasteiger partial charge is 0 e. The van der Waals surface area contributed by atoms with E-state index in [1.165, 1.54) is 0 Å². The van der Waals surface area contributed by atoms with Crippen molar-refractivity contribution in [2.24, 2.45) is 0 Å². The first kappa shape index (κ1) is 37.9. The van der Waals surface area contributed by atoms with E-state index >= 15 is 0 Å². The van der Waals surface area contributed by atoms with Crippen LogP contribution in [0.5, 0.6) is 0 Å². The maximum absolute atomic E-state index is 7.50. The van der Waals surface area contributed by atoms with Crippen LogP contribution in [-0.2, 0) is 58.5 Å². The van der Waals surface area contributed by atoms with Crippen LogP contribution in [0, 0.1) is 39.9 Å². The molecule has 1 rings (SSSR count). The SMILES string of the molecule is CO[C]/C=C/[C@H]1COC(C)(C)O1.[C-]#[O+].[C-]#[O+].[C-]#[O+].[C-]#[O+].[C-]#[O+].[W]. The maximum atomic E-state index is 7.50. The van der Waals surface area contributed by atoms with Crippen molar-refractivity contribution in [2.75, 3.05) is 13.7 Å². The van der Waals surface area contributed by atoms with Gasteiger partial charge in [-0.15, -0.1) is 0 Å². The molecule has 1 saturated heterocycles. The van der Waals surface area contributed by atoms with Gasteiger partial charge < -0.3 is 14.2 Å². The third-order valence-corrected chi connectivity index (χ3v) is 1.53. The molecule has 1 aliphatic heterocycles. The van der Waals surface area contributed by atoms with Crippen LogP contribution in [0.1, 0.15) is 13.8 Å². The Kier molecular flexibility index (Phi) is 61.5. The Morgan fingerprint density at radius 3 is 1.65 bits per heavy atom. The van der Waals surface area contributed by atoms with Crippen molar-refractivity contribution in [2.45, 2.75) is 25.7 Å². The summed E-state index contributed by atoms with van der Waals surface area (Å²) in [5, 5.41) is 0. The average molecular weight is 494 g/mol. The van der Waals surface area contributed by atoms with Crippen molar-refractivity contribution in [1.29, 1.82) is 0 Å². The zero-order chi connectivity index (χ0) is 19.0. The van der Waals surface area contributed by atoms with Crippen LogP contribution in [-0.4, -0.2) is 25.6 Å². The molecule has 0 aromatic carbocycles. The van der Waals surface area contributed by atoms with Gasteiger partial charge in [0.25, 0.3) is 0 Å². The van der Waals surface area contributed by atoms with Gasteiger partial charge in [0.05, 0.1) is 6.61 Å². The second-order valence-corrected chi connectivity index (χ2v) is 3.05. The van der Waals surface area contributed by atoms with E-state index in [2.05, 4.69) is 44.6 Å². The van der Waals surface area contributed by atoms with Gasteiger partial charge in [0.15, 0.2) is 12.4 Å². The van der Waals surface area contributed by atoms with Gasteiger partial charge in [-0.05, 0) is 19.9 Å². The van der Waals surface area contributed by atoms with Gasteiger partial charge in [-0.25, -0.2) is 0 Å². The van der Waals surface area contributed by atoms with Gasteiger partial charge in [0.2, 0.25) is 0 Å². The monoisotopic (exact) mass is 494 g/mol. The number of hydrogen-bond donors (Lipinski definition) is 0. The zero-order valence-electron chi connectivity index (χ0n) is 12.6. The molecule has 0 bridgehead atoms. The molecule has 8 nitrogen and oxygen atoms in total. The fourth-order valence-corrected chi connectivity index (χ4v) is 1.02. The quantitative estimate of drug-likeness (QED) is 0.432. The van der Waals surface area contributed by atoms with Crippen molar-refractivity contribution >= 4 is 0 Å². The normalized spacial score (nSPS) is 15.3. The first-order valence-electron chi connectivity index (χ1n) is 4.93. The Bertz CT molecular complexity index is 306. The van der Waals surface area contributed by atoms with Crippen molar-refractivity contribution in [3.05, 3.63) is 52.0 Å². The molecule has 0 N–H and O–H groups in total. The summed E-state index contributed by atoms with van der Waals surface area (Å²) in [6.07, 6.45) is 3.57. The standard InChI is InChI=1S/C9H14O3.5CO.W/c1-9(2)11-7-8(12-9)5-4-6-10-3;5*1-2;/h4-5,8H,7H2,1-3H3;;;;;;/b5-4+;;;;;;/t8-;;;;;;/m0....../s1. The van der Waals surface area contributed by atoms with Gasteiger partial charge in [-0.2, -0.15) is 0 Å². The molecule has 0 aliphatic carbocycles. The van der Waals surface area contributed by atoms with Crippen LogP contribution >= 0.6 is 0 Å². The number of ether oxygens (including phenoxy) is 3. The zero-order valence-corrected chi connectivity index (χ0v) is 15.5. The predicted molar refractivity (Wildman–Crippen MR) is 63.9 cm³/mol. The molecule has 0 saturated carbocycles. The average Bonchev–Trinajstić information content (AvgIpc) is 2.96. The van der Waals surface area contributed by atoms with E-state index in [4.69, 9.17) is 32.7 Å². The van der Waals surface area contributed by atoms with Crippen LogP contribution < -0.4 is 0 Å². The maximum Gasteiger partial charge on any atom is 0 e. The van der Waals surface area contributed by atoms with Crippen molar-refractivity contribution in [3.63, 3.8) is 0 Å². The molecular formula is C14H14O8W. The van der Waals surface area contributed by atoms with Crippen LogP contribution in [0.4, 0.5) is 0 Å². The summed E-state index contributed by atoms with van der Waals surface area (Å²) in [5.74, 6) is -0.456. The molecule has 1 heterocycles. The second kappa shape index (κ2) is 37.3. The van der Waals surface area contributed by atoms with Gasteiger partial charge in [-0.3, -0.25) is 0 Å². The van der Waals surface area contributed by atoms with Gasteiger partial charge in [0.1, 0.15) is 6.10 Å². The summed E-state index contributed by atoms with van der Waals surface area (Å²) < 4.78 is 53.0. The summed E-state index contributed by atoms with van der Waals surface area (Å²) in [5.41, 5.74) is 0. The molecule has 0 amide bonds. The van der Waals surface area contributed by atoms with E-state index in [9.17, 15) is 0 Å². The molecule has 2 radical (unpaired) electrons. The summed E-state index contributed by atoms with van der Waals surface area (Å²) in [6.45, 7) is 29.5. The Morgan fingerprint density at radius 1 is 1.00 bits per heavy atom. The van der Waals surface area contributed by atoms with E-state index < -0.39 is 5.79 Å². The Labute approximate surface area is 150 Å². The molecule has 23 heavy (non-hydrogen) atoms. The second-order valence-electron chi connectivity index (χ2n) is 3.05. The minimum atomic E-state index is -0.456. The molecule has 0 aromatic heterocycles. The van der Waals surface area contributed by atoms with Gasteiger partial charge >= 0.3 is 56.5 Å². The molecule has 0 aromatic rings. The Morgan fingerprint density at radius 2 is 1.39 bits per heavy atom. The summed E-state index contributed by atoms with van der Waals surface area (Å²) >= 11 is 0. The van der Waals surface area contributed by atoms with Crippen molar-refractivity contribution < 1.29 is 58.5 Å². The topological polar surface area (TPSA) is 127 Å². The fourth-order valence-electron chi connectivity index (χ4n) is 1.02. The van der Waals surface area contributed by atoms with E-state index in [-0.39, 0.29) is 27.2 Å². The third kappa shape index (κ3) is 33.7. The molecular weight excluding hydrogens is 480 g/mol. The Balaban J connectivity index is -0.0000000565. The summed E-state index contributed by atoms with van der Waals surface area (Å²) in [4.78, 5) is 0. The molecule has 1 atom stereocenters. The summed E-state index contributed by atoms with van der Waals surface area (Å²) in [7, 11) is 1.56. The largest absolute Gasteiger partial charge is 0 e. The minimum Gasteiger partial charge on any atom is 0 e. The van der Waals surface area contributed by atoms with Crippen LogP contribution in [0.3, 0.4) is 0 Å². The van der Waals surface area contributed by atoms with Crippen LogP contribution in [0.2, 0.25) is 0 Å². The number of methoxy groups -OCH3 is 1. The van der Waals surface area contributed by atoms with E-state index in [0.717, 1.165) is 0 Å². The number of rotatable bonds is 3. The molecule has 9 heteroatoms. The molecule has 1 aliphatic rings. The summed E-state index contributed by atoms with van der Waals surface area (Å²) in [6, 6.07) is 0. The van der Waals surface area contributed by atoms with Gasteiger partial charge in [-0.1, -0.05) is 6.08 Å². The molecule has 0 spiro atoms. The van der Waals surface area contributed by atoms with Crippen molar-refractivity contribution in [3.8, 4) is 0 Å². The fraction of sp³-hybridized carbons (Fsp3) is 0.429. The first-order valence-corrected chi connectivity index (χ1v) is 4.93. The van der Waals surface area contributed by atoms with Crippen LogP contribution in [0.25, 0.3) is 0 Å². The van der Waals surface area contributed by atoms with E-state index in [0.29, 0.717) is 6.61 Å². The first-order chi connectivity index (χ1) is 10.6. The molecule has 124 valence electrons. The van der Waals surface area contributed by atoms with E-state index in [1.807, 2.05) is 19.9 Å². The minimum absolute atomic E-state index is 0. The molecule has 0 unspecified atom stereocenters. The van der Waals surface area contributed by atoms with Crippen LogP contribution in [0.15, 0.2) is 12.2 Å². The van der Waals surface area contributed by atoms with Gasteiger partial charge in [0, 0.05) is 28.2 Å². The number of hydrogen-bond acceptors (Lipinski definition) is 3. The van der Waals surface area contributed by atoms with Crippen molar-refractivity contribution in [1.82, 2.24) is 0 Å². The Hall–Kier alpha value is -0.992. The predicted octanol–water partition coefficient (Wildman–Crippen LogP) is 1.19. The third-order valence-electron chi connectivity index (χ3n) is 1.53. The molecule has 1 fully saturated rings. The van der Waals surface area contributed by atoms with E-state index in [1.54, 1.807) is 13.2 Å².